The van der Waals surface area contributed by atoms with Crippen molar-refractivity contribution in [1.29, 1.82) is 0 Å². The molecule has 4 rings (SSSR count). The van der Waals surface area contributed by atoms with E-state index in [1.807, 2.05) is 0 Å². The van der Waals surface area contributed by atoms with Crippen LogP contribution in [0.15, 0.2) is 62.3 Å². The van der Waals surface area contributed by atoms with Crippen LogP contribution in [0.25, 0.3) is 22.4 Å². The number of carbonyl (C=O) groups is 1. The van der Waals surface area contributed by atoms with Gasteiger partial charge in [0.15, 0.2) is 0 Å². The Hall–Kier alpha value is -4.01. The Morgan fingerprint density at radius 1 is 1.13 bits per heavy atom. The number of ether oxygens (including phenoxy) is 1. The number of halogens is 1. The molecule has 0 saturated heterocycles. The Morgan fingerprint density at radius 3 is 2.73 bits per heavy atom. The number of aryl methyl sites for hydroxylation is 1. The highest BCUT2D eigenvalue weighted by molar-refractivity contribution is 5.81. The number of phenolic OH excluding ortho intramolecular Hbond substituents is 1. The van der Waals surface area contributed by atoms with Crippen LogP contribution in [0.1, 0.15) is 17.9 Å². The van der Waals surface area contributed by atoms with Gasteiger partial charge in [0, 0.05) is 35.1 Å². The van der Waals surface area contributed by atoms with Crippen LogP contribution in [-0.2, 0) is 22.6 Å². The summed E-state index contributed by atoms with van der Waals surface area (Å²) in [5, 5.41) is 13.9. The molecule has 0 spiro atoms. The van der Waals surface area contributed by atoms with Gasteiger partial charge in [0.2, 0.25) is 11.7 Å². The SMILES string of the molecule is O=C(CCc1nc(-c2ccc(F)cc2)no1)OCc1cc(=O)oc2cc(O)ccc12. The van der Waals surface area contributed by atoms with Gasteiger partial charge in [-0.2, -0.15) is 4.98 Å². The van der Waals surface area contributed by atoms with Crippen molar-refractivity contribution >= 4 is 16.9 Å². The molecule has 2 aromatic carbocycles. The van der Waals surface area contributed by atoms with Gasteiger partial charge >= 0.3 is 11.6 Å². The Balaban J connectivity index is 1.36. The lowest BCUT2D eigenvalue weighted by Gasteiger charge is -2.07. The molecule has 0 bridgehead atoms. The first kappa shape index (κ1) is 19.3. The number of carbonyl (C=O) groups excluding carboxylic acids is 1. The predicted octanol–water partition coefficient (Wildman–Crippen LogP) is 3.36. The lowest BCUT2D eigenvalue weighted by molar-refractivity contribution is -0.145. The number of hydrogen-bond donors (Lipinski definition) is 1. The van der Waals surface area contributed by atoms with Gasteiger partial charge in [0.25, 0.3) is 0 Å². The molecule has 4 aromatic rings. The molecule has 152 valence electrons. The van der Waals surface area contributed by atoms with Crippen molar-refractivity contribution in [3.63, 3.8) is 0 Å². The van der Waals surface area contributed by atoms with Crippen LogP contribution in [-0.4, -0.2) is 21.2 Å². The van der Waals surface area contributed by atoms with Crippen molar-refractivity contribution in [3.05, 3.63) is 76.2 Å². The number of aromatic nitrogens is 2. The number of aromatic hydroxyl groups is 1. The summed E-state index contributed by atoms with van der Waals surface area (Å²) in [7, 11) is 0. The Kier molecular flexibility index (Phi) is 5.25. The second-order valence-corrected chi connectivity index (χ2v) is 6.45. The van der Waals surface area contributed by atoms with Crippen LogP contribution in [0.5, 0.6) is 5.75 Å². The first-order valence-corrected chi connectivity index (χ1v) is 8.98. The molecule has 0 aliphatic heterocycles. The molecule has 0 amide bonds. The molecule has 0 aliphatic carbocycles. The normalized spacial score (nSPS) is 11.0. The molecule has 30 heavy (non-hydrogen) atoms. The minimum Gasteiger partial charge on any atom is -0.508 e. The maximum Gasteiger partial charge on any atom is 0.336 e. The van der Waals surface area contributed by atoms with E-state index in [9.17, 15) is 19.1 Å². The highest BCUT2D eigenvalue weighted by Crippen LogP contribution is 2.22. The van der Waals surface area contributed by atoms with Gasteiger partial charge in [-0.1, -0.05) is 5.16 Å². The molecule has 0 fully saturated rings. The zero-order valence-corrected chi connectivity index (χ0v) is 15.5. The number of esters is 1. The van der Waals surface area contributed by atoms with E-state index < -0.39 is 11.6 Å². The van der Waals surface area contributed by atoms with E-state index in [0.29, 0.717) is 22.3 Å². The first-order chi connectivity index (χ1) is 14.5. The lowest BCUT2D eigenvalue weighted by Crippen LogP contribution is -2.08. The zero-order valence-electron chi connectivity index (χ0n) is 15.5. The summed E-state index contributed by atoms with van der Waals surface area (Å²) < 4.78 is 28.4. The largest absolute Gasteiger partial charge is 0.508 e. The number of rotatable bonds is 6. The molecule has 0 atom stereocenters. The summed E-state index contributed by atoms with van der Waals surface area (Å²) in [4.78, 5) is 27.9. The first-order valence-electron chi connectivity index (χ1n) is 8.98. The molecule has 1 N–H and O–H groups in total. The van der Waals surface area contributed by atoms with E-state index in [0.717, 1.165) is 0 Å². The second kappa shape index (κ2) is 8.16. The molecular weight excluding hydrogens is 395 g/mol. The van der Waals surface area contributed by atoms with Gasteiger partial charge in [-0.05, 0) is 36.4 Å². The Labute approximate surface area is 168 Å². The molecule has 0 saturated carbocycles. The second-order valence-electron chi connectivity index (χ2n) is 6.45. The highest BCUT2D eigenvalue weighted by atomic mass is 19.1. The standard InChI is InChI=1S/C21H15FN2O6/c22-14-3-1-12(2-4-14)21-23-18(30-24-21)7-8-19(26)28-11-13-9-20(27)29-17-10-15(25)5-6-16(13)17/h1-6,9-10,25H,7-8,11H2. The third-order valence-electron chi connectivity index (χ3n) is 4.32. The highest BCUT2D eigenvalue weighted by Gasteiger charge is 2.13. The van der Waals surface area contributed by atoms with Crippen LogP contribution >= 0.6 is 0 Å². The third-order valence-corrected chi connectivity index (χ3v) is 4.32. The van der Waals surface area contributed by atoms with Gasteiger partial charge < -0.3 is 18.8 Å². The fourth-order valence-electron chi connectivity index (χ4n) is 2.85. The fourth-order valence-corrected chi connectivity index (χ4v) is 2.85. The molecular formula is C21H15FN2O6. The predicted molar refractivity (Wildman–Crippen MR) is 102 cm³/mol. The van der Waals surface area contributed by atoms with Gasteiger partial charge in [0.05, 0.1) is 6.42 Å². The molecule has 0 aliphatic rings. The van der Waals surface area contributed by atoms with Crippen molar-refractivity contribution in [1.82, 2.24) is 10.1 Å². The van der Waals surface area contributed by atoms with Crippen molar-refractivity contribution in [2.24, 2.45) is 0 Å². The summed E-state index contributed by atoms with van der Waals surface area (Å²) in [6.07, 6.45) is 0.157. The van der Waals surface area contributed by atoms with E-state index in [1.165, 1.54) is 42.5 Å². The summed E-state index contributed by atoms with van der Waals surface area (Å²) >= 11 is 0. The number of benzene rings is 2. The molecule has 0 unspecified atom stereocenters. The maximum atomic E-state index is 13.0. The minimum atomic E-state index is -0.613. The smallest absolute Gasteiger partial charge is 0.336 e. The Morgan fingerprint density at radius 2 is 1.93 bits per heavy atom. The number of nitrogens with zero attached hydrogens (tertiary/aromatic N) is 2. The van der Waals surface area contributed by atoms with Crippen molar-refractivity contribution < 1.29 is 28.0 Å². The minimum absolute atomic E-state index is 0.00872. The van der Waals surface area contributed by atoms with E-state index in [2.05, 4.69) is 10.1 Å². The number of fused-ring (bicyclic) bond motifs is 1. The van der Waals surface area contributed by atoms with Crippen LogP contribution in [0.3, 0.4) is 0 Å². The zero-order chi connectivity index (χ0) is 21.1. The lowest BCUT2D eigenvalue weighted by atomic mass is 10.1. The van der Waals surface area contributed by atoms with Crippen molar-refractivity contribution in [2.45, 2.75) is 19.4 Å². The number of hydrogen-bond acceptors (Lipinski definition) is 8. The van der Waals surface area contributed by atoms with Crippen molar-refractivity contribution in [2.75, 3.05) is 0 Å². The van der Waals surface area contributed by atoms with E-state index >= 15 is 0 Å². The third kappa shape index (κ3) is 4.35. The summed E-state index contributed by atoms with van der Waals surface area (Å²) in [5.41, 5.74) is 0.645. The van der Waals surface area contributed by atoms with Crippen LogP contribution in [0.4, 0.5) is 4.39 Å². The molecule has 2 heterocycles. The monoisotopic (exact) mass is 410 g/mol. The summed E-state index contributed by atoms with van der Waals surface area (Å²) in [6.45, 7) is -0.129. The maximum absolute atomic E-state index is 13.0. The average Bonchev–Trinajstić information content (AvgIpc) is 3.19. The summed E-state index contributed by atoms with van der Waals surface area (Å²) in [5.74, 6) is -0.390. The van der Waals surface area contributed by atoms with Gasteiger partial charge in [0.1, 0.15) is 23.8 Å². The molecule has 2 aromatic heterocycles. The molecule has 8 nitrogen and oxygen atoms in total. The van der Waals surface area contributed by atoms with Crippen LogP contribution in [0.2, 0.25) is 0 Å². The Bertz CT molecular complexity index is 1260. The van der Waals surface area contributed by atoms with Gasteiger partial charge in [-0.15, -0.1) is 0 Å². The average molecular weight is 410 g/mol. The van der Waals surface area contributed by atoms with E-state index in [-0.39, 0.29) is 42.5 Å². The van der Waals surface area contributed by atoms with Crippen LogP contribution < -0.4 is 5.63 Å². The fraction of sp³-hybridized carbons (Fsp3) is 0.143. The topological polar surface area (TPSA) is 116 Å². The molecule has 9 heteroatoms. The summed E-state index contributed by atoms with van der Waals surface area (Å²) in [6, 6.07) is 11.2. The number of phenols is 1. The molecule has 0 radical (unpaired) electrons. The quantitative estimate of drug-likeness (QED) is 0.380. The van der Waals surface area contributed by atoms with Gasteiger partial charge in [-0.3, -0.25) is 4.79 Å². The van der Waals surface area contributed by atoms with E-state index in [4.69, 9.17) is 13.7 Å². The van der Waals surface area contributed by atoms with Gasteiger partial charge in [-0.25, -0.2) is 9.18 Å². The van der Waals surface area contributed by atoms with Crippen molar-refractivity contribution in [3.8, 4) is 17.1 Å². The van der Waals surface area contributed by atoms with E-state index in [1.54, 1.807) is 6.07 Å². The van der Waals surface area contributed by atoms with Crippen LogP contribution in [0, 0.1) is 5.82 Å².